The molecule has 3 heterocycles. The number of hydrogen-bond donors (Lipinski definition) is 0. The van der Waals surface area contributed by atoms with E-state index in [1.54, 1.807) is 19.4 Å². The molecule has 31 heavy (non-hydrogen) atoms. The number of pyridine rings is 1. The van der Waals surface area contributed by atoms with Gasteiger partial charge in [0.15, 0.2) is 5.82 Å². The molecule has 1 unspecified atom stereocenters. The maximum atomic E-state index is 6.64. The predicted octanol–water partition coefficient (Wildman–Crippen LogP) is 4.94. The maximum absolute atomic E-state index is 6.64. The third-order valence-electron chi connectivity index (χ3n) is 5.72. The molecule has 0 saturated carbocycles. The van der Waals surface area contributed by atoms with E-state index in [0.29, 0.717) is 45.0 Å². The van der Waals surface area contributed by atoms with E-state index in [-0.39, 0.29) is 5.60 Å². The highest BCUT2D eigenvalue weighted by Crippen LogP contribution is 2.46. The van der Waals surface area contributed by atoms with E-state index in [0.717, 1.165) is 29.9 Å². The van der Waals surface area contributed by atoms with E-state index in [9.17, 15) is 0 Å². The van der Waals surface area contributed by atoms with Crippen molar-refractivity contribution < 1.29 is 14.2 Å². The Bertz CT molecular complexity index is 1130. The molecule has 9 heteroatoms. The first-order valence-corrected chi connectivity index (χ1v) is 10.6. The highest BCUT2D eigenvalue weighted by atomic mass is 35.5. The van der Waals surface area contributed by atoms with Gasteiger partial charge in [0.2, 0.25) is 0 Å². The van der Waals surface area contributed by atoms with Crippen LogP contribution >= 0.6 is 23.2 Å². The Labute approximate surface area is 191 Å². The second-order valence-electron chi connectivity index (χ2n) is 7.82. The molecule has 164 valence electrons. The smallest absolute Gasteiger partial charge is 0.165 e. The summed E-state index contributed by atoms with van der Waals surface area (Å²) >= 11 is 13.3. The van der Waals surface area contributed by atoms with Crippen LogP contribution in [0.4, 0.5) is 5.82 Å². The van der Waals surface area contributed by atoms with Gasteiger partial charge in [-0.3, -0.25) is 4.98 Å². The Morgan fingerprint density at radius 2 is 1.71 bits per heavy atom. The number of methoxy groups -OCH3 is 3. The monoisotopic (exact) mass is 462 g/mol. The summed E-state index contributed by atoms with van der Waals surface area (Å²) in [5.41, 5.74) is 1.80. The molecule has 1 aromatic carbocycles. The standard InChI is InChI=1S/C22H24Cl2N4O3/c1-12-8-13-14(10-25-12)26-20(27-21(13)28-7-6-22(2,11-28)31-5)17-18(23)15(29-3)9-16(30-4)19(17)24/h8-10H,6-7,11H2,1-5H3. The van der Waals surface area contributed by atoms with Gasteiger partial charge in [-0.15, -0.1) is 0 Å². The summed E-state index contributed by atoms with van der Waals surface area (Å²) in [6.45, 7) is 5.56. The summed E-state index contributed by atoms with van der Waals surface area (Å²) in [4.78, 5) is 16.3. The van der Waals surface area contributed by atoms with Crippen LogP contribution in [-0.2, 0) is 4.74 Å². The quantitative estimate of drug-likeness (QED) is 0.531. The van der Waals surface area contributed by atoms with Crippen molar-refractivity contribution in [3.8, 4) is 22.9 Å². The molecule has 1 aliphatic rings. The number of fused-ring (bicyclic) bond motifs is 1. The summed E-state index contributed by atoms with van der Waals surface area (Å²) in [6.07, 6.45) is 2.63. The van der Waals surface area contributed by atoms with Crippen molar-refractivity contribution in [2.45, 2.75) is 25.9 Å². The summed E-state index contributed by atoms with van der Waals surface area (Å²) in [5, 5.41) is 1.56. The minimum absolute atomic E-state index is 0.242. The largest absolute Gasteiger partial charge is 0.495 e. The maximum Gasteiger partial charge on any atom is 0.165 e. The van der Waals surface area contributed by atoms with E-state index in [4.69, 9.17) is 47.4 Å². The number of aromatic nitrogens is 3. The Morgan fingerprint density at radius 1 is 1.03 bits per heavy atom. The van der Waals surface area contributed by atoms with Gasteiger partial charge < -0.3 is 19.1 Å². The third kappa shape index (κ3) is 3.86. The fraction of sp³-hybridized carbons (Fsp3) is 0.409. The predicted molar refractivity (Wildman–Crippen MR) is 123 cm³/mol. The van der Waals surface area contributed by atoms with Crippen molar-refractivity contribution >= 4 is 39.9 Å². The van der Waals surface area contributed by atoms with Crippen LogP contribution in [0.15, 0.2) is 18.3 Å². The number of nitrogens with zero attached hydrogens (tertiary/aromatic N) is 4. The molecule has 0 bridgehead atoms. The van der Waals surface area contributed by atoms with Crippen molar-refractivity contribution in [3.63, 3.8) is 0 Å². The molecule has 0 amide bonds. The Kier molecular flexibility index (Phi) is 5.85. The first-order valence-electron chi connectivity index (χ1n) is 9.85. The molecule has 1 aliphatic heterocycles. The van der Waals surface area contributed by atoms with Gasteiger partial charge in [0, 0.05) is 37.3 Å². The van der Waals surface area contributed by atoms with Crippen LogP contribution in [-0.4, -0.2) is 55.0 Å². The molecular formula is C22H24Cl2N4O3. The molecule has 0 spiro atoms. The number of anilines is 1. The van der Waals surface area contributed by atoms with Gasteiger partial charge in [-0.05, 0) is 26.3 Å². The van der Waals surface area contributed by atoms with E-state index in [2.05, 4.69) is 16.8 Å². The molecular weight excluding hydrogens is 439 g/mol. The lowest BCUT2D eigenvalue weighted by Crippen LogP contribution is -2.32. The average Bonchev–Trinajstić information content (AvgIpc) is 3.16. The van der Waals surface area contributed by atoms with Crippen LogP contribution in [0, 0.1) is 6.92 Å². The fourth-order valence-corrected chi connectivity index (χ4v) is 4.51. The van der Waals surface area contributed by atoms with Gasteiger partial charge in [-0.1, -0.05) is 23.2 Å². The number of aryl methyl sites for hydroxylation is 1. The van der Waals surface area contributed by atoms with Crippen LogP contribution in [0.5, 0.6) is 11.5 Å². The molecule has 1 atom stereocenters. The molecule has 0 N–H and O–H groups in total. The van der Waals surface area contributed by atoms with Crippen molar-refractivity contribution in [2.24, 2.45) is 0 Å². The topological polar surface area (TPSA) is 69.6 Å². The van der Waals surface area contributed by atoms with Gasteiger partial charge >= 0.3 is 0 Å². The number of halogens is 2. The van der Waals surface area contributed by atoms with E-state index < -0.39 is 0 Å². The molecule has 4 rings (SSSR count). The SMILES string of the molecule is COc1cc(OC)c(Cl)c(-c2nc(N3CCC(C)(OC)C3)c3cc(C)ncc3n2)c1Cl. The minimum atomic E-state index is -0.242. The summed E-state index contributed by atoms with van der Waals surface area (Å²) in [6, 6.07) is 3.64. The Morgan fingerprint density at radius 3 is 2.29 bits per heavy atom. The third-order valence-corrected chi connectivity index (χ3v) is 6.47. The molecule has 2 aromatic heterocycles. The summed E-state index contributed by atoms with van der Waals surface area (Å²) < 4.78 is 16.6. The van der Waals surface area contributed by atoms with Crippen molar-refractivity contribution in [2.75, 3.05) is 39.3 Å². The number of benzene rings is 1. The lowest BCUT2D eigenvalue weighted by atomic mass is 10.1. The first kappa shape index (κ1) is 21.9. The van der Waals surface area contributed by atoms with Gasteiger partial charge in [0.1, 0.15) is 17.3 Å². The molecule has 0 radical (unpaired) electrons. The molecule has 7 nitrogen and oxygen atoms in total. The van der Waals surface area contributed by atoms with Crippen LogP contribution in [0.1, 0.15) is 19.0 Å². The molecule has 3 aromatic rings. The minimum Gasteiger partial charge on any atom is -0.495 e. The zero-order valence-electron chi connectivity index (χ0n) is 18.1. The second-order valence-corrected chi connectivity index (χ2v) is 8.58. The van der Waals surface area contributed by atoms with Crippen molar-refractivity contribution in [1.82, 2.24) is 15.0 Å². The van der Waals surface area contributed by atoms with Crippen LogP contribution < -0.4 is 14.4 Å². The van der Waals surface area contributed by atoms with E-state index in [1.807, 2.05) is 13.0 Å². The van der Waals surface area contributed by atoms with Crippen LogP contribution in [0.3, 0.4) is 0 Å². The average molecular weight is 463 g/mol. The Balaban J connectivity index is 1.97. The number of ether oxygens (including phenoxy) is 3. The zero-order valence-corrected chi connectivity index (χ0v) is 19.6. The van der Waals surface area contributed by atoms with Gasteiger partial charge in [0.25, 0.3) is 0 Å². The highest BCUT2D eigenvalue weighted by molar-refractivity contribution is 6.41. The first-order chi connectivity index (χ1) is 14.8. The van der Waals surface area contributed by atoms with Gasteiger partial charge in [-0.25, -0.2) is 9.97 Å². The van der Waals surface area contributed by atoms with Crippen LogP contribution in [0.2, 0.25) is 10.0 Å². The van der Waals surface area contributed by atoms with E-state index in [1.165, 1.54) is 14.2 Å². The van der Waals surface area contributed by atoms with E-state index >= 15 is 0 Å². The highest BCUT2D eigenvalue weighted by Gasteiger charge is 2.35. The fourth-order valence-electron chi connectivity index (χ4n) is 3.84. The second kappa shape index (κ2) is 8.30. The van der Waals surface area contributed by atoms with Crippen molar-refractivity contribution in [1.29, 1.82) is 0 Å². The summed E-state index contributed by atoms with van der Waals surface area (Å²) in [5.74, 6) is 2.03. The zero-order chi connectivity index (χ0) is 22.3. The normalized spacial score (nSPS) is 18.6. The number of rotatable bonds is 5. The molecule has 1 saturated heterocycles. The van der Waals surface area contributed by atoms with Gasteiger partial charge in [-0.2, -0.15) is 0 Å². The van der Waals surface area contributed by atoms with Crippen molar-refractivity contribution in [3.05, 3.63) is 34.1 Å². The summed E-state index contributed by atoms with van der Waals surface area (Å²) in [7, 11) is 4.81. The Hall–Kier alpha value is -2.35. The number of hydrogen-bond acceptors (Lipinski definition) is 7. The lowest BCUT2D eigenvalue weighted by Gasteiger charge is -2.24. The van der Waals surface area contributed by atoms with Gasteiger partial charge in [0.05, 0.1) is 47.1 Å². The molecule has 0 aliphatic carbocycles. The van der Waals surface area contributed by atoms with Crippen LogP contribution in [0.25, 0.3) is 22.3 Å². The molecule has 1 fully saturated rings. The lowest BCUT2D eigenvalue weighted by molar-refractivity contribution is 0.0257.